The van der Waals surface area contributed by atoms with Crippen LogP contribution in [0.2, 0.25) is 0 Å². The molecule has 0 N–H and O–H groups in total. The molecule has 2 aromatic carbocycles. The van der Waals surface area contributed by atoms with Crippen LogP contribution in [0.3, 0.4) is 0 Å². The fourth-order valence-electron chi connectivity index (χ4n) is 2.23. The molecular formula is C16H15N3. The lowest BCUT2D eigenvalue weighted by molar-refractivity contribution is 0.915. The topological polar surface area (TPSA) is 29.6 Å². The number of aromatic nitrogens is 1. The highest BCUT2D eigenvalue weighted by atomic mass is 15.1. The molecule has 3 nitrogen and oxygen atoms in total. The summed E-state index contributed by atoms with van der Waals surface area (Å²) in [6, 6.07) is 18.1. The second kappa shape index (κ2) is 4.69. The fraction of sp³-hybridized carbons (Fsp3) is 0.125. The highest BCUT2D eigenvalue weighted by molar-refractivity contribution is 5.93. The predicted molar refractivity (Wildman–Crippen MR) is 78.3 cm³/mol. The molecule has 0 saturated heterocycles. The Hall–Kier alpha value is -2.42. The maximum atomic E-state index is 4.43. The molecule has 0 bridgehead atoms. The maximum absolute atomic E-state index is 4.43. The van der Waals surface area contributed by atoms with Crippen LogP contribution in [0.1, 0.15) is 5.69 Å². The predicted octanol–water partition coefficient (Wildman–Crippen LogP) is 4.90. The van der Waals surface area contributed by atoms with E-state index in [1.807, 2.05) is 42.5 Å². The van der Waals surface area contributed by atoms with Gasteiger partial charge in [0.05, 0.1) is 11.2 Å². The number of hydrogen-bond acceptors (Lipinski definition) is 2. The first-order valence-electron chi connectivity index (χ1n) is 6.28. The van der Waals surface area contributed by atoms with E-state index in [2.05, 4.69) is 40.9 Å². The Morgan fingerprint density at radius 1 is 0.842 bits per heavy atom. The Kier molecular flexibility index (Phi) is 2.88. The Morgan fingerprint density at radius 2 is 1.53 bits per heavy atom. The molecule has 0 fully saturated rings. The summed E-state index contributed by atoms with van der Waals surface area (Å²) in [5.74, 6) is 0. The molecule has 0 amide bonds. The van der Waals surface area contributed by atoms with Gasteiger partial charge in [0.25, 0.3) is 0 Å². The quantitative estimate of drug-likeness (QED) is 0.578. The number of hydrogen-bond donors (Lipinski definition) is 0. The first kappa shape index (κ1) is 11.7. The van der Waals surface area contributed by atoms with E-state index in [9.17, 15) is 0 Å². The molecule has 0 radical (unpaired) electrons. The zero-order chi connectivity index (χ0) is 13.2. The molecule has 19 heavy (non-hydrogen) atoms. The van der Waals surface area contributed by atoms with Gasteiger partial charge in [0.2, 0.25) is 0 Å². The lowest BCUT2D eigenvalue weighted by Crippen LogP contribution is -1.88. The van der Waals surface area contributed by atoms with E-state index in [4.69, 9.17) is 0 Å². The van der Waals surface area contributed by atoms with Crippen molar-refractivity contribution in [2.75, 3.05) is 0 Å². The van der Waals surface area contributed by atoms with Crippen LogP contribution in [-0.2, 0) is 7.05 Å². The van der Waals surface area contributed by atoms with E-state index in [1.165, 1.54) is 5.52 Å². The number of azo groups is 1. The molecule has 3 aromatic rings. The van der Waals surface area contributed by atoms with Crippen molar-refractivity contribution in [1.82, 2.24) is 4.57 Å². The van der Waals surface area contributed by atoms with Crippen LogP contribution in [-0.4, -0.2) is 4.57 Å². The second-order valence-corrected chi connectivity index (χ2v) is 4.55. The summed E-state index contributed by atoms with van der Waals surface area (Å²) in [5, 5.41) is 9.88. The van der Waals surface area contributed by atoms with Crippen LogP contribution < -0.4 is 0 Å². The van der Waals surface area contributed by atoms with Gasteiger partial charge >= 0.3 is 0 Å². The van der Waals surface area contributed by atoms with Crippen molar-refractivity contribution in [2.45, 2.75) is 6.92 Å². The molecule has 0 aliphatic carbocycles. The SMILES string of the molecule is Cc1c(N=Nc2ccccc2)c2ccccc2n1C. The van der Waals surface area contributed by atoms with Crippen molar-refractivity contribution in [1.29, 1.82) is 0 Å². The van der Waals surface area contributed by atoms with E-state index in [0.717, 1.165) is 22.5 Å². The standard InChI is InChI=1S/C16H15N3/c1-12-16(18-17-13-8-4-3-5-9-13)14-10-6-7-11-15(14)19(12)2/h3-11H,1-2H3. The Labute approximate surface area is 112 Å². The lowest BCUT2D eigenvalue weighted by Gasteiger charge is -1.96. The van der Waals surface area contributed by atoms with Gasteiger partial charge < -0.3 is 4.57 Å². The Balaban J connectivity index is 2.11. The van der Waals surface area contributed by atoms with E-state index in [-0.39, 0.29) is 0 Å². The number of para-hydroxylation sites is 1. The minimum absolute atomic E-state index is 0.870. The summed E-state index contributed by atoms with van der Waals surface area (Å²) in [4.78, 5) is 0. The van der Waals surface area contributed by atoms with Crippen LogP contribution in [0.25, 0.3) is 10.9 Å². The van der Waals surface area contributed by atoms with Crippen LogP contribution in [0.4, 0.5) is 11.4 Å². The highest BCUT2D eigenvalue weighted by Crippen LogP contribution is 2.33. The summed E-state index contributed by atoms with van der Waals surface area (Å²) in [5.41, 5.74) is 4.12. The number of aryl methyl sites for hydroxylation is 1. The number of rotatable bonds is 2. The van der Waals surface area contributed by atoms with Crippen molar-refractivity contribution in [3.8, 4) is 0 Å². The first-order chi connectivity index (χ1) is 9.27. The monoisotopic (exact) mass is 249 g/mol. The molecule has 0 aliphatic heterocycles. The molecule has 1 aromatic heterocycles. The van der Waals surface area contributed by atoms with Crippen LogP contribution in [0, 0.1) is 6.92 Å². The Bertz CT molecular complexity index is 739. The van der Waals surface area contributed by atoms with Gasteiger partial charge in [-0.2, -0.15) is 5.11 Å². The third-order valence-electron chi connectivity index (χ3n) is 3.39. The van der Waals surface area contributed by atoms with Crippen molar-refractivity contribution >= 4 is 22.3 Å². The van der Waals surface area contributed by atoms with Gasteiger partial charge in [0, 0.05) is 18.1 Å². The molecule has 0 spiro atoms. The normalized spacial score (nSPS) is 11.5. The average molecular weight is 249 g/mol. The third kappa shape index (κ3) is 2.03. The van der Waals surface area contributed by atoms with Crippen molar-refractivity contribution in [3.05, 3.63) is 60.3 Å². The number of nitrogens with zero attached hydrogens (tertiary/aromatic N) is 3. The van der Waals surface area contributed by atoms with Crippen molar-refractivity contribution < 1.29 is 0 Å². The molecule has 0 saturated carbocycles. The summed E-state index contributed by atoms with van der Waals surface area (Å²) in [7, 11) is 2.05. The van der Waals surface area contributed by atoms with Crippen molar-refractivity contribution in [2.24, 2.45) is 17.3 Å². The van der Waals surface area contributed by atoms with Gasteiger partial charge in [-0.3, -0.25) is 0 Å². The molecule has 0 unspecified atom stereocenters. The zero-order valence-electron chi connectivity index (χ0n) is 11.0. The molecule has 3 heteroatoms. The first-order valence-corrected chi connectivity index (χ1v) is 6.28. The minimum Gasteiger partial charge on any atom is -0.346 e. The highest BCUT2D eigenvalue weighted by Gasteiger charge is 2.10. The van der Waals surface area contributed by atoms with Gasteiger partial charge in [-0.1, -0.05) is 36.4 Å². The summed E-state index contributed by atoms with van der Waals surface area (Å²) < 4.78 is 2.15. The van der Waals surface area contributed by atoms with Gasteiger partial charge in [0.1, 0.15) is 5.69 Å². The number of fused-ring (bicyclic) bond motifs is 1. The Morgan fingerprint density at radius 3 is 2.32 bits per heavy atom. The van der Waals surface area contributed by atoms with Gasteiger partial charge in [-0.15, -0.1) is 5.11 Å². The van der Waals surface area contributed by atoms with Crippen LogP contribution >= 0.6 is 0 Å². The van der Waals surface area contributed by atoms with Gasteiger partial charge in [-0.05, 0) is 25.1 Å². The zero-order valence-corrected chi connectivity index (χ0v) is 11.0. The summed E-state index contributed by atoms with van der Waals surface area (Å²) >= 11 is 0. The molecule has 0 atom stereocenters. The van der Waals surface area contributed by atoms with Crippen LogP contribution in [0.15, 0.2) is 64.8 Å². The van der Waals surface area contributed by atoms with E-state index >= 15 is 0 Å². The second-order valence-electron chi connectivity index (χ2n) is 4.55. The van der Waals surface area contributed by atoms with Crippen molar-refractivity contribution in [3.63, 3.8) is 0 Å². The summed E-state index contributed by atoms with van der Waals surface area (Å²) in [6.07, 6.45) is 0. The number of benzene rings is 2. The summed E-state index contributed by atoms with van der Waals surface area (Å²) in [6.45, 7) is 2.07. The lowest BCUT2D eigenvalue weighted by atomic mass is 10.2. The maximum Gasteiger partial charge on any atom is 0.114 e. The molecule has 94 valence electrons. The fourth-order valence-corrected chi connectivity index (χ4v) is 2.23. The van der Waals surface area contributed by atoms with Gasteiger partial charge in [-0.25, -0.2) is 0 Å². The molecule has 0 aliphatic rings. The third-order valence-corrected chi connectivity index (χ3v) is 3.39. The average Bonchev–Trinajstić information content (AvgIpc) is 2.71. The smallest absolute Gasteiger partial charge is 0.114 e. The van der Waals surface area contributed by atoms with Crippen LogP contribution in [0.5, 0.6) is 0 Å². The van der Waals surface area contributed by atoms with E-state index in [0.29, 0.717) is 0 Å². The molecular weight excluding hydrogens is 234 g/mol. The molecule has 1 heterocycles. The van der Waals surface area contributed by atoms with Gasteiger partial charge in [0.15, 0.2) is 0 Å². The molecule has 3 rings (SSSR count). The minimum atomic E-state index is 0.870. The largest absolute Gasteiger partial charge is 0.346 e. The van der Waals surface area contributed by atoms with E-state index < -0.39 is 0 Å². The van der Waals surface area contributed by atoms with E-state index in [1.54, 1.807) is 0 Å².